The van der Waals surface area contributed by atoms with E-state index in [9.17, 15) is 13.2 Å². The maximum atomic E-state index is 11.9. The van der Waals surface area contributed by atoms with Crippen LogP contribution in [0.3, 0.4) is 0 Å². The van der Waals surface area contributed by atoms with E-state index in [1.807, 2.05) is 0 Å². The molecule has 6 heteroatoms. The second kappa shape index (κ2) is 6.39. The van der Waals surface area contributed by atoms with Crippen LogP contribution in [0.25, 0.3) is 0 Å². The predicted octanol–water partition coefficient (Wildman–Crippen LogP) is 1.42. The molecule has 100 valence electrons. The average molecular weight is 272 g/mol. The van der Waals surface area contributed by atoms with Crippen LogP contribution in [0.4, 0.5) is 0 Å². The van der Waals surface area contributed by atoms with Crippen molar-refractivity contribution in [1.82, 2.24) is 0 Å². The lowest BCUT2D eigenvalue weighted by atomic mass is 10.3. The van der Waals surface area contributed by atoms with Crippen molar-refractivity contribution in [2.24, 2.45) is 0 Å². The van der Waals surface area contributed by atoms with Crippen molar-refractivity contribution in [2.75, 3.05) is 19.5 Å². The van der Waals surface area contributed by atoms with Crippen LogP contribution in [0.5, 0.6) is 5.75 Å². The number of methoxy groups -OCH3 is 1. The number of esters is 1. The van der Waals surface area contributed by atoms with Gasteiger partial charge in [0, 0.05) is 0 Å². The van der Waals surface area contributed by atoms with Crippen molar-refractivity contribution in [3.05, 3.63) is 24.3 Å². The van der Waals surface area contributed by atoms with E-state index in [2.05, 4.69) is 4.74 Å². The van der Waals surface area contributed by atoms with Gasteiger partial charge in [0.25, 0.3) is 0 Å². The molecule has 0 amide bonds. The van der Waals surface area contributed by atoms with Gasteiger partial charge in [0.2, 0.25) is 0 Å². The van der Waals surface area contributed by atoms with Gasteiger partial charge in [-0.15, -0.1) is 0 Å². The monoisotopic (exact) mass is 272 g/mol. The summed E-state index contributed by atoms with van der Waals surface area (Å²) in [6.45, 7) is 1.93. The summed E-state index contributed by atoms with van der Waals surface area (Å²) in [6, 6.07) is 6.05. The minimum Gasteiger partial charge on any atom is -0.497 e. The maximum Gasteiger partial charge on any atom is 0.306 e. The molecule has 0 unspecified atom stereocenters. The zero-order valence-corrected chi connectivity index (χ0v) is 11.2. The van der Waals surface area contributed by atoms with Crippen LogP contribution in [0.1, 0.15) is 13.3 Å². The summed E-state index contributed by atoms with van der Waals surface area (Å²) in [6.07, 6.45) is -0.137. The van der Waals surface area contributed by atoms with Crippen molar-refractivity contribution >= 4 is 15.8 Å². The molecule has 0 spiro atoms. The first-order valence-electron chi connectivity index (χ1n) is 5.52. The highest BCUT2D eigenvalue weighted by Gasteiger charge is 2.16. The van der Waals surface area contributed by atoms with Gasteiger partial charge in [0.1, 0.15) is 5.75 Å². The van der Waals surface area contributed by atoms with E-state index in [0.717, 1.165) is 0 Å². The number of carbonyl (C=O) groups is 1. The molecule has 0 fully saturated rings. The fourth-order valence-corrected chi connectivity index (χ4v) is 2.57. The van der Waals surface area contributed by atoms with E-state index in [-0.39, 0.29) is 23.7 Å². The van der Waals surface area contributed by atoms with E-state index >= 15 is 0 Å². The lowest BCUT2D eigenvalue weighted by Gasteiger charge is -2.05. The Morgan fingerprint density at radius 3 is 2.33 bits per heavy atom. The molecule has 0 N–H and O–H groups in total. The molecular weight excluding hydrogens is 256 g/mol. The Kier molecular flexibility index (Phi) is 5.15. The van der Waals surface area contributed by atoms with E-state index in [4.69, 9.17) is 4.74 Å². The first kappa shape index (κ1) is 14.5. The Balaban J connectivity index is 2.70. The fraction of sp³-hybridized carbons (Fsp3) is 0.417. The second-order valence-corrected chi connectivity index (χ2v) is 5.66. The van der Waals surface area contributed by atoms with E-state index in [1.165, 1.54) is 19.2 Å². The number of carbonyl (C=O) groups excluding carboxylic acids is 1. The minimum absolute atomic E-state index is 0.137. The van der Waals surface area contributed by atoms with Gasteiger partial charge < -0.3 is 9.47 Å². The molecule has 0 aliphatic rings. The first-order valence-corrected chi connectivity index (χ1v) is 7.17. The number of sulfone groups is 1. The highest BCUT2D eigenvalue weighted by atomic mass is 32.2. The third-order valence-electron chi connectivity index (χ3n) is 2.30. The number of hydrogen-bond donors (Lipinski definition) is 0. The Labute approximate surface area is 107 Å². The van der Waals surface area contributed by atoms with Crippen LogP contribution in [0.2, 0.25) is 0 Å². The second-order valence-electron chi connectivity index (χ2n) is 3.55. The van der Waals surface area contributed by atoms with Crippen LogP contribution >= 0.6 is 0 Å². The van der Waals surface area contributed by atoms with Gasteiger partial charge in [-0.1, -0.05) is 0 Å². The molecule has 1 rings (SSSR count). The van der Waals surface area contributed by atoms with Gasteiger partial charge in [0.05, 0.1) is 30.8 Å². The summed E-state index contributed by atoms with van der Waals surface area (Å²) in [7, 11) is -1.95. The molecule has 1 aromatic carbocycles. The molecule has 0 atom stereocenters. The fourth-order valence-electron chi connectivity index (χ4n) is 1.35. The van der Waals surface area contributed by atoms with Gasteiger partial charge in [0.15, 0.2) is 9.84 Å². The van der Waals surface area contributed by atoms with Crippen molar-refractivity contribution in [3.63, 3.8) is 0 Å². The van der Waals surface area contributed by atoms with Gasteiger partial charge in [-0.25, -0.2) is 8.42 Å². The lowest BCUT2D eigenvalue weighted by Crippen LogP contribution is -2.13. The van der Waals surface area contributed by atoms with Gasteiger partial charge in [-0.05, 0) is 31.2 Å². The summed E-state index contributed by atoms with van der Waals surface area (Å²) in [4.78, 5) is 11.3. The molecule has 0 saturated carbocycles. The number of rotatable bonds is 6. The molecule has 0 aliphatic heterocycles. The maximum absolute atomic E-state index is 11.9. The molecule has 0 heterocycles. The highest BCUT2D eigenvalue weighted by Crippen LogP contribution is 2.17. The summed E-state index contributed by atoms with van der Waals surface area (Å²) in [5, 5.41) is 0. The van der Waals surface area contributed by atoms with Crippen LogP contribution in [0, 0.1) is 0 Å². The van der Waals surface area contributed by atoms with Crippen molar-refractivity contribution in [3.8, 4) is 5.75 Å². The van der Waals surface area contributed by atoms with E-state index in [1.54, 1.807) is 19.1 Å². The van der Waals surface area contributed by atoms with E-state index < -0.39 is 15.8 Å². The van der Waals surface area contributed by atoms with Crippen LogP contribution in [-0.4, -0.2) is 33.9 Å². The molecule has 0 bridgehead atoms. The Hall–Kier alpha value is -1.56. The van der Waals surface area contributed by atoms with Crippen LogP contribution in [0.15, 0.2) is 29.2 Å². The Morgan fingerprint density at radius 1 is 1.22 bits per heavy atom. The Bertz CT molecular complexity index is 490. The van der Waals surface area contributed by atoms with Crippen molar-refractivity contribution in [2.45, 2.75) is 18.2 Å². The average Bonchev–Trinajstić information content (AvgIpc) is 2.37. The molecular formula is C12H16O5S. The van der Waals surface area contributed by atoms with E-state index in [0.29, 0.717) is 5.75 Å². The molecule has 0 aliphatic carbocycles. The van der Waals surface area contributed by atoms with Gasteiger partial charge in [-0.3, -0.25) is 4.79 Å². The minimum atomic E-state index is -3.46. The number of hydrogen-bond acceptors (Lipinski definition) is 5. The summed E-state index contributed by atoms with van der Waals surface area (Å²) < 4.78 is 33.4. The van der Waals surface area contributed by atoms with Gasteiger partial charge in [-0.2, -0.15) is 0 Å². The van der Waals surface area contributed by atoms with Crippen molar-refractivity contribution in [1.29, 1.82) is 0 Å². The smallest absolute Gasteiger partial charge is 0.306 e. The topological polar surface area (TPSA) is 69.7 Å². The summed E-state index contributed by atoms with van der Waals surface area (Å²) in [5.74, 6) is -0.174. The zero-order chi connectivity index (χ0) is 13.6. The molecule has 0 radical (unpaired) electrons. The van der Waals surface area contributed by atoms with Crippen LogP contribution in [-0.2, 0) is 19.4 Å². The first-order chi connectivity index (χ1) is 8.49. The van der Waals surface area contributed by atoms with Gasteiger partial charge >= 0.3 is 5.97 Å². The molecule has 18 heavy (non-hydrogen) atoms. The quantitative estimate of drug-likeness (QED) is 0.732. The zero-order valence-electron chi connectivity index (χ0n) is 10.4. The standard InChI is InChI=1S/C12H16O5S/c1-3-17-12(13)8-9-18(14,15)11-6-4-10(16-2)5-7-11/h4-7H,3,8-9H2,1-2H3. The predicted molar refractivity (Wildman–Crippen MR) is 66.3 cm³/mol. The third kappa shape index (κ3) is 4.03. The normalized spacial score (nSPS) is 11.0. The molecule has 0 saturated heterocycles. The molecule has 1 aromatic rings. The largest absolute Gasteiger partial charge is 0.497 e. The SMILES string of the molecule is CCOC(=O)CCS(=O)(=O)c1ccc(OC)cc1. The highest BCUT2D eigenvalue weighted by molar-refractivity contribution is 7.91. The molecule has 0 aromatic heterocycles. The summed E-state index contributed by atoms with van der Waals surface area (Å²) >= 11 is 0. The number of ether oxygens (including phenoxy) is 2. The molecule has 5 nitrogen and oxygen atoms in total. The number of benzene rings is 1. The summed E-state index contributed by atoms with van der Waals surface area (Å²) in [5.41, 5.74) is 0. The Morgan fingerprint density at radius 2 is 1.83 bits per heavy atom. The lowest BCUT2D eigenvalue weighted by molar-refractivity contribution is -0.142. The van der Waals surface area contributed by atoms with Crippen LogP contribution < -0.4 is 4.74 Å². The third-order valence-corrected chi connectivity index (χ3v) is 4.03. The van der Waals surface area contributed by atoms with Crippen molar-refractivity contribution < 1.29 is 22.7 Å².